The van der Waals surface area contributed by atoms with Crippen molar-refractivity contribution in [2.75, 3.05) is 13.2 Å². The molecule has 8 nitrogen and oxygen atoms in total. The lowest BCUT2D eigenvalue weighted by Crippen LogP contribution is -2.42. The molecule has 3 aromatic rings. The van der Waals surface area contributed by atoms with E-state index in [9.17, 15) is 32.4 Å². The number of benzene rings is 2. The summed E-state index contributed by atoms with van der Waals surface area (Å²) in [6.07, 6.45) is -1.93. The van der Waals surface area contributed by atoms with Crippen LogP contribution in [0.2, 0.25) is 0 Å². The number of nitrogens with one attached hydrogen (secondary N) is 2. The molecule has 2 amide bonds. The van der Waals surface area contributed by atoms with E-state index in [0.717, 1.165) is 5.56 Å². The number of carbonyl (C=O) groups excluding carboxylic acids is 2. The zero-order chi connectivity index (χ0) is 29.4. The van der Waals surface area contributed by atoms with E-state index < -0.39 is 35.8 Å². The van der Waals surface area contributed by atoms with E-state index in [1.165, 1.54) is 22.9 Å². The lowest BCUT2D eigenvalue weighted by Gasteiger charge is -2.23. The van der Waals surface area contributed by atoms with Gasteiger partial charge in [-0.2, -0.15) is 23.5 Å². The van der Waals surface area contributed by atoms with Gasteiger partial charge in [-0.3, -0.25) is 9.59 Å². The fourth-order valence-electron chi connectivity index (χ4n) is 4.78. The van der Waals surface area contributed by atoms with Crippen LogP contribution in [0.4, 0.5) is 17.6 Å². The van der Waals surface area contributed by atoms with E-state index in [0.29, 0.717) is 36.9 Å². The van der Waals surface area contributed by atoms with Crippen molar-refractivity contribution in [3.63, 3.8) is 0 Å². The molecule has 1 saturated carbocycles. The molecule has 214 valence electrons. The number of nitriles is 1. The molecule has 1 aliphatic heterocycles. The summed E-state index contributed by atoms with van der Waals surface area (Å²) in [5.41, 5.74) is 1.22. The number of halogens is 4. The third-order valence-corrected chi connectivity index (χ3v) is 7.34. The van der Waals surface area contributed by atoms with Crippen LogP contribution >= 0.6 is 0 Å². The molecule has 2 aromatic carbocycles. The molecule has 5 rings (SSSR count). The molecule has 0 bridgehead atoms. The molecular formula is C29H27F4N5O3. The van der Waals surface area contributed by atoms with Gasteiger partial charge in [-0.1, -0.05) is 18.2 Å². The number of hydrogen-bond acceptors (Lipinski definition) is 5. The van der Waals surface area contributed by atoms with Crippen molar-refractivity contribution >= 4 is 11.8 Å². The smallest absolute Gasteiger partial charge is 0.422 e. The van der Waals surface area contributed by atoms with E-state index in [1.54, 1.807) is 31.2 Å². The number of alkyl halides is 3. The minimum Gasteiger partial charge on any atom is -0.484 e. The van der Waals surface area contributed by atoms with Crippen molar-refractivity contribution in [1.29, 1.82) is 5.26 Å². The average Bonchev–Trinajstić information content (AvgIpc) is 3.62. The van der Waals surface area contributed by atoms with Crippen molar-refractivity contribution < 1.29 is 31.9 Å². The lowest BCUT2D eigenvalue weighted by molar-refractivity contribution is -0.153. The van der Waals surface area contributed by atoms with Crippen molar-refractivity contribution in [3.8, 4) is 17.5 Å². The van der Waals surface area contributed by atoms with Crippen LogP contribution in [-0.4, -0.2) is 47.0 Å². The second-order valence-corrected chi connectivity index (χ2v) is 10.6. The Bertz CT molecular complexity index is 1540. The van der Waals surface area contributed by atoms with Gasteiger partial charge in [0.25, 0.3) is 11.8 Å². The highest BCUT2D eigenvalue weighted by Crippen LogP contribution is 2.44. The number of ether oxygens (including phenoxy) is 1. The summed E-state index contributed by atoms with van der Waals surface area (Å²) >= 11 is 0. The largest absolute Gasteiger partial charge is 0.484 e. The third-order valence-electron chi connectivity index (χ3n) is 7.34. The van der Waals surface area contributed by atoms with Crippen LogP contribution in [0.15, 0.2) is 42.5 Å². The van der Waals surface area contributed by atoms with Crippen LogP contribution in [0.25, 0.3) is 5.69 Å². The maximum absolute atomic E-state index is 14.5. The van der Waals surface area contributed by atoms with Crippen LogP contribution < -0.4 is 15.4 Å². The minimum absolute atomic E-state index is 0.0394. The molecule has 41 heavy (non-hydrogen) atoms. The van der Waals surface area contributed by atoms with Gasteiger partial charge in [0.2, 0.25) is 0 Å². The van der Waals surface area contributed by atoms with Gasteiger partial charge < -0.3 is 15.4 Å². The maximum atomic E-state index is 14.5. The number of hydrogen-bond donors (Lipinski definition) is 2. The van der Waals surface area contributed by atoms with Crippen LogP contribution in [0, 0.1) is 29.5 Å². The second-order valence-electron chi connectivity index (χ2n) is 10.6. The first-order chi connectivity index (χ1) is 19.5. The summed E-state index contributed by atoms with van der Waals surface area (Å²) in [4.78, 5) is 26.7. The number of carbonyl (C=O) groups is 2. The van der Waals surface area contributed by atoms with E-state index in [4.69, 9.17) is 4.74 Å². The highest BCUT2D eigenvalue weighted by atomic mass is 19.4. The van der Waals surface area contributed by atoms with Gasteiger partial charge in [-0.15, -0.1) is 0 Å². The van der Waals surface area contributed by atoms with Crippen molar-refractivity contribution in [2.45, 2.75) is 51.2 Å². The monoisotopic (exact) mass is 569 g/mol. The van der Waals surface area contributed by atoms with Gasteiger partial charge in [0.05, 0.1) is 28.4 Å². The third kappa shape index (κ3) is 6.34. The minimum atomic E-state index is -4.45. The molecule has 1 aromatic heterocycles. The summed E-state index contributed by atoms with van der Waals surface area (Å²) in [6, 6.07) is 12.6. The number of aryl methyl sites for hydroxylation is 2. The molecule has 2 heterocycles. The molecule has 1 fully saturated rings. The number of aromatic nitrogens is 2. The molecule has 0 spiro atoms. The number of rotatable bonds is 9. The lowest BCUT2D eigenvalue weighted by atomic mass is 9.95. The molecular weight excluding hydrogens is 542 g/mol. The second kappa shape index (κ2) is 10.9. The Balaban J connectivity index is 1.37. The Kier molecular flexibility index (Phi) is 7.46. The topological polar surface area (TPSA) is 109 Å². The van der Waals surface area contributed by atoms with E-state index in [-0.39, 0.29) is 41.7 Å². The summed E-state index contributed by atoms with van der Waals surface area (Å²) in [7, 11) is 0. The quantitative estimate of drug-likeness (QED) is 0.367. The Labute approximate surface area is 233 Å². The van der Waals surface area contributed by atoms with Crippen molar-refractivity contribution in [2.24, 2.45) is 5.41 Å². The van der Waals surface area contributed by atoms with E-state index >= 15 is 0 Å². The van der Waals surface area contributed by atoms with Crippen LogP contribution in [0.3, 0.4) is 0 Å². The number of amides is 2. The summed E-state index contributed by atoms with van der Waals surface area (Å²) in [6.45, 7) is 0.341. The number of nitrogens with zero attached hydrogens (tertiary/aromatic N) is 3. The van der Waals surface area contributed by atoms with Crippen LogP contribution in [-0.2, 0) is 12.8 Å². The van der Waals surface area contributed by atoms with Gasteiger partial charge in [0.1, 0.15) is 17.3 Å². The zero-order valence-corrected chi connectivity index (χ0v) is 22.1. The average molecular weight is 570 g/mol. The first-order valence-electron chi connectivity index (χ1n) is 13.1. The van der Waals surface area contributed by atoms with Gasteiger partial charge in [-0.05, 0) is 68.0 Å². The first kappa shape index (κ1) is 28.1. The first-order valence-corrected chi connectivity index (χ1v) is 13.1. The summed E-state index contributed by atoms with van der Waals surface area (Å²) in [5.74, 6) is -1.50. The fraction of sp³-hybridized carbons (Fsp3) is 0.379. The van der Waals surface area contributed by atoms with Crippen LogP contribution in [0.1, 0.15) is 56.9 Å². The molecule has 1 unspecified atom stereocenters. The molecule has 0 saturated heterocycles. The molecule has 1 atom stereocenters. The zero-order valence-electron chi connectivity index (χ0n) is 22.1. The molecule has 1 aliphatic carbocycles. The van der Waals surface area contributed by atoms with Crippen molar-refractivity contribution in [1.82, 2.24) is 20.4 Å². The van der Waals surface area contributed by atoms with Gasteiger partial charge in [0, 0.05) is 19.0 Å². The van der Waals surface area contributed by atoms with Gasteiger partial charge >= 0.3 is 6.18 Å². The number of fused-ring (bicyclic) bond motifs is 1. The van der Waals surface area contributed by atoms with E-state index in [1.807, 2.05) is 0 Å². The Morgan fingerprint density at radius 2 is 2.05 bits per heavy atom. The molecule has 2 aliphatic rings. The normalized spacial score (nSPS) is 17.3. The predicted molar refractivity (Wildman–Crippen MR) is 139 cm³/mol. The fourth-order valence-corrected chi connectivity index (χ4v) is 4.78. The van der Waals surface area contributed by atoms with Crippen molar-refractivity contribution in [3.05, 3.63) is 76.4 Å². The molecule has 12 heteroatoms. The Morgan fingerprint density at radius 1 is 1.27 bits per heavy atom. The predicted octanol–water partition coefficient (Wildman–Crippen LogP) is 4.58. The van der Waals surface area contributed by atoms with Crippen LogP contribution in [0.5, 0.6) is 5.75 Å². The van der Waals surface area contributed by atoms with Gasteiger partial charge in [-0.25, -0.2) is 9.07 Å². The highest BCUT2D eigenvalue weighted by molar-refractivity contribution is 6.08. The van der Waals surface area contributed by atoms with Gasteiger partial charge in [0.15, 0.2) is 6.61 Å². The maximum Gasteiger partial charge on any atom is 0.422 e. The summed E-state index contributed by atoms with van der Waals surface area (Å²) < 4.78 is 58.0. The standard InChI is InChI=1S/C29H27F4N5O3/c1-17-5-8-20(13-22(17)30)38-25(27(40)35-15-28(14-34)9-10-28)24-23(37-38)12-19(36-26(24)39)7-6-18-3-2-4-21(11-18)41-16-29(31,32)33/h2-5,8,11,13,19H,6-7,9-10,12,15-16H2,1H3,(H,35,40)(H,36,39). The Morgan fingerprint density at radius 3 is 2.73 bits per heavy atom. The summed E-state index contributed by atoms with van der Waals surface area (Å²) in [5, 5.41) is 19.6. The molecule has 0 radical (unpaired) electrons. The highest BCUT2D eigenvalue weighted by Gasteiger charge is 2.44. The SMILES string of the molecule is Cc1ccc(-n2nc3c(c2C(=O)NCC2(C#N)CC2)C(=O)NC(CCc2cccc(OCC(F)(F)F)c2)C3)cc1F. The molecule has 2 N–H and O–H groups in total. The Hall–Kier alpha value is -4.40. The van der Waals surface area contributed by atoms with E-state index in [2.05, 4.69) is 21.8 Å².